The van der Waals surface area contributed by atoms with Crippen molar-refractivity contribution in [1.82, 2.24) is 4.98 Å². The van der Waals surface area contributed by atoms with Crippen LogP contribution < -0.4 is 11.1 Å². The maximum atomic E-state index is 14.9. The Morgan fingerprint density at radius 1 is 1.37 bits per heavy atom. The molecule has 2 aromatic rings. The van der Waals surface area contributed by atoms with Crippen LogP contribution >= 0.6 is 0 Å². The zero-order valence-corrected chi connectivity index (χ0v) is 15.6. The first-order valence-electron chi connectivity index (χ1n) is 9.02. The fourth-order valence-corrected chi connectivity index (χ4v) is 3.64. The number of pyridine rings is 1. The molecule has 0 radical (unpaired) electrons. The van der Waals surface area contributed by atoms with Crippen molar-refractivity contribution in [2.24, 2.45) is 16.6 Å². The molecular weight excluding hydrogens is 389 g/mol. The van der Waals surface area contributed by atoms with Crippen molar-refractivity contribution in [2.75, 3.05) is 18.5 Å². The maximum Gasteiger partial charge on any atom is 0.284 e. The number of terminal acetylenes is 1. The van der Waals surface area contributed by atoms with Gasteiger partial charge in [0, 0.05) is 17.4 Å². The molecule has 9 heteroatoms. The summed E-state index contributed by atoms with van der Waals surface area (Å²) in [7, 11) is 0. The van der Waals surface area contributed by atoms with Gasteiger partial charge in [-0.05, 0) is 30.3 Å². The molecule has 0 bridgehead atoms. The van der Waals surface area contributed by atoms with Gasteiger partial charge in [-0.1, -0.05) is 5.92 Å². The maximum absolute atomic E-state index is 14.9. The Kier molecular flexibility index (Phi) is 4.82. The largest absolute Gasteiger partial charge is 0.459 e. The number of anilines is 1. The quantitative estimate of drug-likeness (QED) is 0.747. The van der Waals surface area contributed by atoms with Gasteiger partial charge in [0.05, 0.1) is 24.7 Å². The Morgan fingerprint density at radius 2 is 2.20 bits per heavy atom. The molecule has 4 rings (SSSR count). The van der Waals surface area contributed by atoms with Crippen LogP contribution in [0.25, 0.3) is 0 Å². The molecule has 3 heterocycles. The number of hydrogen-bond donors (Lipinski definition) is 2. The van der Waals surface area contributed by atoms with Crippen molar-refractivity contribution < 1.29 is 18.7 Å². The van der Waals surface area contributed by atoms with Gasteiger partial charge >= 0.3 is 0 Å². The normalized spacial score (nSPS) is 24.6. The van der Waals surface area contributed by atoms with Crippen molar-refractivity contribution >= 4 is 17.6 Å². The van der Waals surface area contributed by atoms with E-state index in [0.717, 1.165) is 0 Å². The van der Waals surface area contributed by atoms with E-state index < -0.39 is 29.3 Å². The number of rotatable bonds is 3. The van der Waals surface area contributed by atoms with Gasteiger partial charge in [-0.3, -0.25) is 4.79 Å². The van der Waals surface area contributed by atoms with Crippen LogP contribution in [0.2, 0.25) is 0 Å². The minimum absolute atomic E-state index is 0.0855. The van der Waals surface area contributed by atoms with E-state index in [1.165, 1.54) is 36.5 Å². The van der Waals surface area contributed by atoms with Crippen molar-refractivity contribution in [1.29, 1.82) is 5.26 Å². The molecule has 150 valence electrons. The van der Waals surface area contributed by atoms with E-state index in [1.54, 1.807) is 0 Å². The fourth-order valence-electron chi connectivity index (χ4n) is 3.64. The summed E-state index contributed by atoms with van der Waals surface area (Å²) < 4.78 is 25.8. The van der Waals surface area contributed by atoms with E-state index in [9.17, 15) is 9.18 Å². The van der Waals surface area contributed by atoms with Crippen LogP contribution in [0.15, 0.2) is 41.5 Å². The number of amides is 1. The van der Waals surface area contributed by atoms with Crippen LogP contribution in [-0.2, 0) is 15.0 Å². The summed E-state index contributed by atoms with van der Waals surface area (Å²) in [4.78, 5) is 20.7. The Balaban J connectivity index is 1.69. The van der Waals surface area contributed by atoms with E-state index in [4.69, 9.17) is 26.9 Å². The second-order valence-corrected chi connectivity index (χ2v) is 6.85. The van der Waals surface area contributed by atoms with E-state index in [-0.39, 0.29) is 30.5 Å². The third kappa shape index (κ3) is 3.21. The van der Waals surface area contributed by atoms with Crippen molar-refractivity contribution in [3.8, 4) is 18.4 Å². The van der Waals surface area contributed by atoms with Crippen molar-refractivity contribution in [3.05, 3.63) is 59.2 Å². The number of fused-ring (bicyclic) bond motifs is 1. The number of nitrogens with one attached hydrogen (secondary N) is 1. The van der Waals surface area contributed by atoms with Gasteiger partial charge in [-0.25, -0.2) is 14.4 Å². The number of hydrogen-bond acceptors (Lipinski definition) is 7. The van der Waals surface area contributed by atoms with E-state index in [1.807, 2.05) is 6.07 Å². The molecule has 2 aliphatic heterocycles. The summed E-state index contributed by atoms with van der Waals surface area (Å²) in [5.41, 5.74) is 5.19. The third-order valence-corrected chi connectivity index (χ3v) is 5.10. The lowest BCUT2D eigenvalue weighted by Crippen LogP contribution is -2.48. The second kappa shape index (κ2) is 7.47. The number of nitrogens with two attached hydrogens (primary N) is 1. The SMILES string of the molecule is C#C[C@]1(c2cc(NC(=O)c3ccc(C#N)cn3)ccc2F)N=C(N)O[C@@H]2COC[C@@H]21. The molecule has 1 aromatic carbocycles. The Morgan fingerprint density at radius 3 is 2.90 bits per heavy atom. The zero-order chi connectivity index (χ0) is 21.3. The molecule has 0 spiro atoms. The molecule has 30 heavy (non-hydrogen) atoms. The smallest absolute Gasteiger partial charge is 0.284 e. The molecule has 1 fully saturated rings. The zero-order valence-electron chi connectivity index (χ0n) is 15.6. The summed E-state index contributed by atoms with van der Waals surface area (Å²) in [6.07, 6.45) is 6.66. The highest BCUT2D eigenvalue weighted by atomic mass is 19.1. The number of aromatic nitrogens is 1. The molecule has 3 N–H and O–H groups in total. The molecule has 1 aromatic heterocycles. The van der Waals surface area contributed by atoms with Gasteiger partial charge in [-0.2, -0.15) is 5.26 Å². The summed E-state index contributed by atoms with van der Waals surface area (Å²) in [5, 5.41) is 11.5. The number of halogens is 1. The lowest BCUT2D eigenvalue weighted by Gasteiger charge is -2.37. The van der Waals surface area contributed by atoms with E-state index in [0.29, 0.717) is 11.3 Å². The van der Waals surface area contributed by atoms with Gasteiger partial charge in [0.2, 0.25) is 0 Å². The van der Waals surface area contributed by atoms with Crippen LogP contribution in [0, 0.1) is 35.4 Å². The average molecular weight is 405 g/mol. The molecular formula is C21H16FN5O3. The summed E-state index contributed by atoms with van der Waals surface area (Å²) in [5.74, 6) is 1.03. The standard InChI is InChI=1S/C21H16FN5O3/c1-2-21(15-10-29-11-18(15)30-20(24)27-21)14-7-13(4-5-16(14)22)26-19(28)17-6-3-12(8-23)9-25-17/h1,3-7,9,15,18H,10-11H2,(H2,24,27)(H,26,28)/t15-,18+,21+/m0/s1. The monoisotopic (exact) mass is 405 g/mol. The molecule has 0 aliphatic carbocycles. The van der Waals surface area contributed by atoms with Crippen LogP contribution in [-0.4, -0.2) is 36.2 Å². The Bertz CT molecular complexity index is 1120. The average Bonchev–Trinajstić information content (AvgIpc) is 3.23. The number of benzene rings is 1. The first-order chi connectivity index (χ1) is 14.5. The highest BCUT2D eigenvalue weighted by Gasteiger charge is 2.52. The topological polar surface area (TPSA) is 123 Å². The highest BCUT2D eigenvalue weighted by molar-refractivity contribution is 6.02. The van der Waals surface area contributed by atoms with E-state index in [2.05, 4.69) is 21.2 Å². The highest BCUT2D eigenvalue weighted by Crippen LogP contribution is 2.43. The van der Waals surface area contributed by atoms with Gasteiger partial charge in [-0.15, -0.1) is 6.42 Å². The lowest BCUT2D eigenvalue weighted by atomic mass is 9.76. The van der Waals surface area contributed by atoms with Gasteiger partial charge in [0.1, 0.15) is 23.7 Å². The number of nitriles is 1. The van der Waals surface area contributed by atoms with Crippen LogP contribution in [0.5, 0.6) is 0 Å². The minimum Gasteiger partial charge on any atom is -0.459 e. The summed E-state index contributed by atoms with van der Waals surface area (Å²) in [6.45, 7) is 0.504. The van der Waals surface area contributed by atoms with Crippen LogP contribution in [0.1, 0.15) is 21.6 Å². The molecule has 0 unspecified atom stereocenters. The van der Waals surface area contributed by atoms with Crippen molar-refractivity contribution in [2.45, 2.75) is 11.6 Å². The number of carbonyl (C=O) groups is 1. The second-order valence-electron chi connectivity index (χ2n) is 6.85. The predicted octanol–water partition coefficient (Wildman–Crippen LogP) is 1.53. The lowest BCUT2D eigenvalue weighted by molar-refractivity contribution is 0.0940. The fraction of sp³-hybridized carbons (Fsp3) is 0.238. The van der Waals surface area contributed by atoms with Gasteiger partial charge in [0.15, 0.2) is 5.54 Å². The Labute approximate surface area is 171 Å². The first-order valence-corrected chi connectivity index (χ1v) is 9.02. The predicted molar refractivity (Wildman–Crippen MR) is 105 cm³/mol. The van der Waals surface area contributed by atoms with Crippen molar-refractivity contribution in [3.63, 3.8) is 0 Å². The number of aliphatic imine (C=N–C) groups is 1. The summed E-state index contributed by atoms with van der Waals surface area (Å²) in [6, 6.07) is 8.71. The van der Waals surface area contributed by atoms with Gasteiger partial charge in [0.25, 0.3) is 11.9 Å². The molecule has 0 saturated carbocycles. The molecule has 1 amide bonds. The number of carbonyl (C=O) groups excluding carboxylic acids is 1. The number of nitrogens with zero attached hydrogens (tertiary/aromatic N) is 3. The van der Waals surface area contributed by atoms with E-state index >= 15 is 0 Å². The first kappa shape index (κ1) is 19.4. The van der Waals surface area contributed by atoms with Crippen LogP contribution in [0.3, 0.4) is 0 Å². The summed E-state index contributed by atoms with van der Waals surface area (Å²) >= 11 is 0. The molecule has 1 saturated heterocycles. The third-order valence-electron chi connectivity index (χ3n) is 5.10. The molecule has 2 aliphatic rings. The number of ether oxygens (including phenoxy) is 2. The molecule has 3 atom stereocenters. The minimum atomic E-state index is -1.43. The van der Waals surface area contributed by atoms with Crippen LogP contribution in [0.4, 0.5) is 10.1 Å². The Hall–Kier alpha value is -3.95. The number of amidine groups is 1. The van der Waals surface area contributed by atoms with Gasteiger partial charge < -0.3 is 20.5 Å². The molecule has 8 nitrogen and oxygen atoms in total.